The number of piperidine rings is 1. The minimum atomic E-state index is -0.834. The van der Waals surface area contributed by atoms with Crippen molar-refractivity contribution >= 4 is 5.97 Å². The SMILES string of the molecule is CCOC(=O)CCCCN[C@H]1CCC2(O)[C@H]3Cc4ccc(O)c5c4[C@@]2(CCN3CC2CC2)[C@H]1O5. The summed E-state index contributed by atoms with van der Waals surface area (Å²) in [5.41, 5.74) is 1.01. The Kier molecular flexibility index (Phi) is 5.58. The zero-order chi connectivity index (χ0) is 23.5. The third-order valence-corrected chi connectivity index (χ3v) is 9.28. The number of carbonyl (C=O) groups excluding carboxylic acids is 1. The zero-order valence-electron chi connectivity index (χ0n) is 20.2. The molecule has 6 rings (SSSR count). The maximum atomic E-state index is 12.5. The van der Waals surface area contributed by atoms with Gasteiger partial charge < -0.3 is 25.0 Å². The van der Waals surface area contributed by atoms with E-state index in [1.807, 2.05) is 6.92 Å². The second-order valence-electron chi connectivity index (χ2n) is 11.2. The van der Waals surface area contributed by atoms with Crippen LogP contribution in [0.4, 0.5) is 0 Å². The van der Waals surface area contributed by atoms with Gasteiger partial charge in [-0.2, -0.15) is 0 Å². The van der Waals surface area contributed by atoms with Crippen LogP contribution in [-0.2, 0) is 21.4 Å². The van der Waals surface area contributed by atoms with E-state index in [0.717, 1.165) is 69.6 Å². The number of benzene rings is 1. The molecular formula is C27H38N2O5. The van der Waals surface area contributed by atoms with Gasteiger partial charge in [0.15, 0.2) is 11.5 Å². The molecular weight excluding hydrogens is 432 g/mol. The molecule has 3 aliphatic carbocycles. The van der Waals surface area contributed by atoms with E-state index >= 15 is 0 Å². The normalized spacial score (nSPS) is 35.5. The fraction of sp³-hybridized carbons (Fsp3) is 0.741. The highest BCUT2D eigenvalue weighted by atomic mass is 16.5. The number of hydrogen-bond acceptors (Lipinski definition) is 7. The molecule has 1 aromatic carbocycles. The summed E-state index contributed by atoms with van der Waals surface area (Å²) < 4.78 is 11.6. The van der Waals surface area contributed by atoms with Crippen molar-refractivity contribution in [1.82, 2.24) is 10.2 Å². The average molecular weight is 471 g/mol. The molecule has 3 N–H and O–H groups in total. The van der Waals surface area contributed by atoms with E-state index < -0.39 is 11.0 Å². The second-order valence-corrected chi connectivity index (χ2v) is 11.2. The number of nitrogens with zero attached hydrogens (tertiary/aromatic N) is 1. The van der Waals surface area contributed by atoms with Crippen LogP contribution in [0.25, 0.3) is 0 Å². The minimum absolute atomic E-state index is 0.108. The highest BCUT2D eigenvalue weighted by Gasteiger charge is 2.72. The Morgan fingerprint density at radius 3 is 2.91 bits per heavy atom. The molecule has 0 radical (unpaired) electrons. The van der Waals surface area contributed by atoms with Crippen LogP contribution < -0.4 is 10.1 Å². The molecule has 2 heterocycles. The first-order valence-corrected chi connectivity index (χ1v) is 13.4. The molecule has 5 atom stereocenters. The standard InChI is InChI=1S/C27H38N2O5/c1-2-33-22(31)5-3-4-13-28-19-10-11-27(32)21-15-18-8-9-20(30)24-23(18)26(27,25(19)34-24)12-14-29(21)16-17-6-7-17/h8-9,17,19,21,25,28,30,32H,2-7,10-16H2,1H3/t19-,21+,25-,26-,27?/m0/s1. The van der Waals surface area contributed by atoms with Crippen LogP contribution in [0.15, 0.2) is 12.1 Å². The molecule has 1 spiro atoms. The predicted molar refractivity (Wildman–Crippen MR) is 127 cm³/mol. The van der Waals surface area contributed by atoms with E-state index in [0.29, 0.717) is 18.8 Å². The highest BCUT2D eigenvalue weighted by Crippen LogP contribution is 2.65. The van der Waals surface area contributed by atoms with Crippen LogP contribution in [0, 0.1) is 5.92 Å². The number of likely N-dealkylation sites (tertiary alicyclic amines) is 1. The number of nitrogens with one attached hydrogen (secondary N) is 1. The summed E-state index contributed by atoms with van der Waals surface area (Å²) in [6.07, 6.45) is 7.85. The second kappa shape index (κ2) is 8.38. The van der Waals surface area contributed by atoms with Crippen molar-refractivity contribution < 1.29 is 24.5 Å². The highest BCUT2D eigenvalue weighted by molar-refractivity contribution is 5.69. The maximum Gasteiger partial charge on any atom is 0.305 e. The fourth-order valence-corrected chi connectivity index (χ4v) is 7.61. The Morgan fingerprint density at radius 1 is 1.26 bits per heavy atom. The van der Waals surface area contributed by atoms with Gasteiger partial charge in [0.25, 0.3) is 0 Å². The fourth-order valence-electron chi connectivity index (χ4n) is 7.61. The van der Waals surface area contributed by atoms with Crippen molar-refractivity contribution in [2.75, 3.05) is 26.2 Å². The quantitative estimate of drug-likeness (QED) is 0.378. The topological polar surface area (TPSA) is 91.3 Å². The lowest BCUT2D eigenvalue weighted by molar-refractivity contribution is -0.191. The summed E-state index contributed by atoms with van der Waals surface area (Å²) in [5.74, 6) is 1.45. The summed E-state index contributed by atoms with van der Waals surface area (Å²) in [4.78, 5) is 14.2. The molecule has 34 heavy (non-hydrogen) atoms. The van der Waals surface area contributed by atoms with Crippen LogP contribution in [0.5, 0.6) is 11.5 Å². The lowest BCUT2D eigenvalue weighted by Gasteiger charge is -2.64. The number of aliphatic hydroxyl groups is 1. The Labute approximate surface area is 201 Å². The number of hydrogen-bond donors (Lipinski definition) is 3. The number of esters is 1. The van der Waals surface area contributed by atoms with Crippen LogP contribution in [0.2, 0.25) is 0 Å². The maximum absolute atomic E-state index is 12.5. The molecule has 2 aliphatic heterocycles. The molecule has 2 saturated carbocycles. The number of carbonyl (C=O) groups is 1. The van der Waals surface area contributed by atoms with E-state index in [1.165, 1.54) is 18.4 Å². The van der Waals surface area contributed by atoms with Crippen molar-refractivity contribution in [3.05, 3.63) is 23.3 Å². The van der Waals surface area contributed by atoms with E-state index in [2.05, 4.69) is 16.3 Å². The largest absolute Gasteiger partial charge is 0.504 e. The lowest BCUT2D eigenvalue weighted by Crippen LogP contribution is -2.78. The van der Waals surface area contributed by atoms with E-state index in [9.17, 15) is 15.0 Å². The van der Waals surface area contributed by atoms with Crippen molar-refractivity contribution in [2.24, 2.45) is 5.92 Å². The number of phenols is 1. The monoisotopic (exact) mass is 470 g/mol. The number of phenolic OH excluding ortho intramolecular Hbond substituents is 1. The van der Waals surface area contributed by atoms with Gasteiger partial charge >= 0.3 is 5.97 Å². The molecule has 5 aliphatic rings. The molecule has 0 amide bonds. The predicted octanol–water partition coefficient (Wildman–Crippen LogP) is 2.65. The third-order valence-electron chi connectivity index (χ3n) is 9.28. The number of ether oxygens (including phenoxy) is 2. The summed E-state index contributed by atoms with van der Waals surface area (Å²) in [7, 11) is 0. The van der Waals surface area contributed by atoms with Gasteiger partial charge in [0, 0.05) is 30.6 Å². The van der Waals surface area contributed by atoms with Crippen LogP contribution in [-0.4, -0.2) is 71.1 Å². The molecule has 3 fully saturated rings. The molecule has 7 nitrogen and oxygen atoms in total. The average Bonchev–Trinajstić information content (AvgIpc) is 3.55. The number of rotatable bonds is 9. The number of aromatic hydroxyl groups is 1. The van der Waals surface area contributed by atoms with Gasteiger partial charge in [-0.05, 0) is 88.9 Å². The molecule has 2 bridgehead atoms. The van der Waals surface area contributed by atoms with E-state index in [-0.39, 0.29) is 29.9 Å². The summed E-state index contributed by atoms with van der Waals surface area (Å²) in [5, 5.41) is 26.9. The molecule has 1 aromatic rings. The lowest BCUT2D eigenvalue weighted by atomic mass is 9.48. The van der Waals surface area contributed by atoms with Crippen molar-refractivity contribution in [1.29, 1.82) is 0 Å². The van der Waals surface area contributed by atoms with Crippen molar-refractivity contribution in [2.45, 2.75) is 93.9 Å². The summed E-state index contributed by atoms with van der Waals surface area (Å²) in [6, 6.07) is 4.05. The Balaban J connectivity index is 1.24. The summed E-state index contributed by atoms with van der Waals surface area (Å²) in [6.45, 7) is 5.13. The van der Waals surface area contributed by atoms with Crippen LogP contribution in [0.3, 0.4) is 0 Å². The first-order chi connectivity index (χ1) is 16.5. The van der Waals surface area contributed by atoms with Gasteiger partial charge in [-0.15, -0.1) is 0 Å². The first-order valence-electron chi connectivity index (χ1n) is 13.4. The Morgan fingerprint density at radius 2 is 2.12 bits per heavy atom. The van der Waals surface area contributed by atoms with Gasteiger partial charge in [0.1, 0.15) is 6.10 Å². The first kappa shape index (κ1) is 22.6. The van der Waals surface area contributed by atoms with Gasteiger partial charge in [-0.3, -0.25) is 9.69 Å². The zero-order valence-corrected chi connectivity index (χ0v) is 20.2. The molecule has 1 unspecified atom stereocenters. The van der Waals surface area contributed by atoms with Crippen LogP contribution >= 0.6 is 0 Å². The minimum Gasteiger partial charge on any atom is -0.504 e. The third kappa shape index (κ3) is 3.30. The number of unbranched alkanes of at least 4 members (excludes halogenated alkanes) is 1. The van der Waals surface area contributed by atoms with Crippen molar-refractivity contribution in [3.8, 4) is 11.5 Å². The van der Waals surface area contributed by atoms with Crippen molar-refractivity contribution in [3.63, 3.8) is 0 Å². The van der Waals surface area contributed by atoms with Gasteiger partial charge in [-0.1, -0.05) is 6.07 Å². The molecule has 186 valence electrons. The van der Waals surface area contributed by atoms with E-state index in [4.69, 9.17) is 9.47 Å². The van der Waals surface area contributed by atoms with E-state index in [1.54, 1.807) is 6.07 Å². The van der Waals surface area contributed by atoms with Gasteiger partial charge in [0.2, 0.25) is 0 Å². The molecule has 1 saturated heterocycles. The summed E-state index contributed by atoms with van der Waals surface area (Å²) >= 11 is 0. The van der Waals surface area contributed by atoms with Gasteiger partial charge in [-0.25, -0.2) is 0 Å². The smallest absolute Gasteiger partial charge is 0.305 e. The van der Waals surface area contributed by atoms with Crippen LogP contribution in [0.1, 0.15) is 69.4 Å². The molecule has 7 heteroatoms. The Hall–Kier alpha value is -1.83. The molecule has 0 aromatic heterocycles. The van der Waals surface area contributed by atoms with Gasteiger partial charge in [0.05, 0.1) is 17.6 Å². The Bertz CT molecular complexity index is 965.